The van der Waals surface area contributed by atoms with E-state index in [9.17, 15) is 0 Å². The lowest BCUT2D eigenvalue weighted by Crippen LogP contribution is -2.40. The first-order valence-electron chi connectivity index (χ1n) is 6.40. The molecule has 100 valence electrons. The summed E-state index contributed by atoms with van der Waals surface area (Å²) in [5.74, 6) is 0.857. The number of piperidine rings is 1. The molecule has 1 aliphatic rings. The van der Waals surface area contributed by atoms with Gasteiger partial charge in [0.25, 0.3) is 0 Å². The summed E-state index contributed by atoms with van der Waals surface area (Å²) in [5.41, 5.74) is 1.27. The van der Waals surface area contributed by atoms with Crippen LogP contribution in [0.4, 0.5) is 5.82 Å². The van der Waals surface area contributed by atoms with Crippen LogP contribution < -0.4 is 5.32 Å². The number of nitrogens with zero attached hydrogens (tertiary/aromatic N) is 3. The van der Waals surface area contributed by atoms with Crippen molar-refractivity contribution >= 4 is 17.4 Å². The smallest absolute Gasteiger partial charge is 0.137 e. The maximum atomic E-state index is 5.99. The second kappa shape index (κ2) is 5.41. The first-order valence-corrected chi connectivity index (χ1v) is 6.77. The summed E-state index contributed by atoms with van der Waals surface area (Å²) in [6, 6.07) is 0. The fraction of sp³-hybridized carbons (Fsp3) is 0.692. The number of rotatable bonds is 3. The average Bonchev–Trinajstić information content (AvgIpc) is 2.35. The van der Waals surface area contributed by atoms with Gasteiger partial charge in [0.05, 0.1) is 0 Å². The third kappa shape index (κ3) is 3.12. The van der Waals surface area contributed by atoms with Crippen molar-refractivity contribution in [1.82, 2.24) is 14.9 Å². The van der Waals surface area contributed by atoms with Crippen LogP contribution in [0.5, 0.6) is 0 Å². The number of nitrogens with one attached hydrogen (secondary N) is 1. The molecule has 0 atom stereocenters. The van der Waals surface area contributed by atoms with Crippen LogP contribution in [0.25, 0.3) is 0 Å². The highest BCUT2D eigenvalue weighted by Crippen LogP contribution is 2.31. The maximum Gasteiger partial charge on any atom is 0.137 e. The second-order valence-corrected chi connectivity index (χ2v) is 5.96. The molecule has 1 aromatic heterocycles. The van der Waals surface area contributed by atoms with Gasteiger partial charge < -0.3 is 10.2 Å². The zero-order chi connectivity index (χ0) is 13.2. The molecule has 4 nitrogen and oxygen atoms in total. The van der Waals surface area contributed by atoms with E-state index < -0.39 is 0 Å². The van der Waals surface area contributed by atoms with Crippen molar-refractivity contribution in [2.45, 2.75) is 26.7 Å². The van der Waals surface area contributed by atoms with E-state index in [1.807, 2.05) is 6.92 Å². The Bertz CT molecular complexity index is 413. The van der Waals surface area contributed by atoms with E-state index in [2.05, 4.69) is 34.2 Å². The van der Waals surface area contributed by atoms with Crippen LogP contribution in [-0.2, 0) is 0 Å². The summed E-state index contributed by atoms with van der Waals surface area (Å²) in [7, 11) is 2.18. The SMILES string of the molecule is Cc1c(Cl)ncnc1NCC1(C)CCN(C)CC1. The number of likely N-dealkylation sites (tertiary alicyclic amines) is 1. The minimum absolute atomic E-state index is 0.344. The Kier molecular flexibility index (Phi) is 4.07. The average molecular weight is 269 g/mol. The Labute approximate surface area is 114 Å². The van der Waals surface area contributed by atoms with Gasteiger partial charge in [0.2, 0.25) is 0 Å². The van der Waals surface area contributed by atoms with Crippen molar-refractivity contribution in [3.63, 3.8) is 0 Å². The summed E-state index contributed by atoms with van der Waals surface area (Å²) in [4.78, 5) is 10.6. The molecule has 2 rings (SSSR count). The first kappa shape index (κ1) is 13.6. The van der Waals surface area contributed by atoms with Crippen LogP contribution in [0.3, 0.4) is 0 Å². The Morgan fingerprint density at radius 1 is 1.39 bits per heavy atom. The first-order chi connectivity index (χ1) is 8.50. The molecule has 1 N–H and O–H groups in total. The Morgan fingerprint density at radius 3 is 2.72 bits per heavy atom. The summed E-state index contributed by atoms with van der Waals surface area (Å²) >= 11 is 5.99. The lowest BCUT2D eigenvalue weighted by Gasteiger charge is -2.38. The molecular formula is C13H21ClN4. The van der Waals surface area contributed by atoms with Gasteiger partial charge >= 0.3 is 0 Å². The van der Waals surface area contributed by atoms with E-state index in [1.165, 1.54) is 32.3 Å². The van der Waals surface area contributed by atoms with Gasteiger partial charge in [-0.05, 0) is 45.3 Å². The van der Waals surface area contributed by atoms with Gasteiger partial charge in [-0.25, -0.2) is 9.97 Å². The van der Waals surface area contributed by atoms with Crippen molar-refractivity contribution in [2.75, 3.05) is 32.0 Å². The van der Waals surface area contributed by atoms with Crippen LogP contribution in [-0.4, -0.2) is 41.5 Å². The molecule has 1 aromatic rings. The Balaban J connectivity index is 1.97. The van der Waals surface area contributed by atoms with Gasteiger partial charge in [-0.2, -0.15) is 0 Å². The summed E-state index contributed by atoms with van der Waals surface area (Å²) < 4.78 is 0. The molecular weight excluding hydrogens is 248 g/mol. The predicted octanol–water partition coefficient (Wildman–Crippen LogP) is 2.58. The normalized spacial score (nSPS) is 19.8. The van der Waals surface area contributed by atoms with Crippen LogP contribution >= 0.6 is 11.6 Å². The van der Waals surface area contributed by atoms with E-state index in [1.54, 1.807) is 0 Å². The molecule has 0 aliphatic carbocycles. The third-order valence-corrected chi connectivity index (χ3v) is 4.28. The fourth-order valence-electron chi connectivity index (χ4n) is 2.24. The number of anilines is 1. The van der Waals surface area contributed by atoms with Crippen LogP contribution in [0.2, 0.25) is 5.15 Å². The van der Waals surface area contributed by atoms with Crippen LogP contribution in [0.1, 0.15) is 25.3 Å². The minimum Gasteiger partial charge on any atom is -0.369 e. The van der Waals surface area contributed by atoms with Gasteiger partial charge in [-0.1, -0.05) is 18.5 Å². The topological polar surface area (TPSA) is 41.1 Å². The van der Waals surface area contributed by atoms with E-state index in [0.29, 0.717) is 10.6 Å². The molecule has 0 saturated carbocycles. The van der Waals surface area contributed by atoms with Crippen molar-refractivity contribution < 1.29 is 0 Å². The van der Waals surface area contributed by atoms with Gasteiger partial charge in [0.1, 0.15) is 17.3 Å². The van der Waals surface area contributed by atoms with Crippen molar-refractivity contribution in [2.24, 2.45) is 5.41 Å². The number of hydrogen-bond acceptors (Lipinski definition) is 4. The Hall–Kier alpha value is -0.870. The highest BCUT2D eigenvalue weighted by atomic mass is 35.5. The molecule has 1 saturated heterocycles. The minimum atomic E-state index is 0.344. The molecule has 0 radical (unpaired) electrons. The fourth-order valence-corrected chi connectivity index (χ4v) is 2.37. The van der Waals surface area contributed by atoms with Gasteiger partial charge in [0.15, 0.2) is 0 Å². The molecule has 1 fully saturated rings. The lowest BCUT2D eigenvalue weighted by atomic mass is 9.80. The lowest BCUT2D eigenvalue weighted by molar-refractivity contribution is 0.150. The zero-order valence-electron chi connectivity index (χ0n) is 11.3. The highest BCUT2D eigenvalue weighted by Gasteiger charge is 2.28. The van der Waals surface area contributed by atoms with Gasteiger partial charge in [-0.15, -0.1) is 0 Å². The van der Waals surface area contributed by atoms with Crippen molar-refractivity contribution in [3.8, 4) is 0 Å². The van der Waals surface area contributed by atoms with Crippen molar-refractivity contribution in [3.05, 3.63) is 17.0 Å². The molecule has 0 amide bonds. The third-order valence-electron chi connectivity index (χ3n) is 3.90. The van der Waals surface area contributed by atoms with Crippen molar-refractivity contribution in [1.29, 1.82) is 0 Å². The highest BCUT2D eigenvalue weighted by molar-refractivity contribution is 6.30. The summed E-state index contributed by atoms with van der Waals surface area (Å²) in [6.45, 7) is 7.56. The van der Waals surface area contributed by atoms with E-state index in [-0.39, 0.29) is 0 Å². The number of halogens is 1. The molecule has 0 unspecified atom stereocenters. The molecule has 2 heterocycles. The standard InChI is InChI=1S/C13H21ClN4/c1-10-11(14)16-9-17-12(10)15-8-13(2)4-6-18(3)7-5-13/h9H,4-8H2,1-3H3,(H,15,16,17). The zero-order valence-corrected chi connectivity index (χ0v) is 12.1. The maximum absolute atomic E-state index is 5.99. The molecule has 1 aliphatic heterocycles. The Morgan fingerprint density at radius 2 is 2.06 bits per heavy atom. The quantitative estimate of drug-likeness (QED) is 0.856. The largest absolute Gasteiger partial charge is 0.369 e. The molecule has 0 spiro atoms. The van der Waals surface area contributed by atoms with E-state index in [4.69, 9.17) is 11.6 Å². The van der Waals surface area contributed by atoms with E-state index in [0.717, 1.165) is 17.9 Å². The van der Waals surface area contributed by atoms with E-state index >= 15 is 0 Å². The predicted molar refractivity (Wildman–Crippen MR) is 75.1 cm³/mol. The van der Waals surface area contributed by atoms with Crippen LogP contribution in [0, 0.1) is 12.3 Å². The number of hydrogen-bond donors (Lipinski definition) is 1. The van der Waals surface area contributed by atoms with Gasteiger partial charge in [-0.3, -0.25) is 0 Å². The summed E-state index contributed by atoms with van der Waals surface area (Å²) in [5, 5.41) is 3.95. The number of aromatic nitrogens is 2. The summed E-state index contributed by atoms with van der Waals surface area (Å²) in [6.07, 6.45) is 3.94. The second-order valence-electron chi connectivity index (χ2n) is 5.61. The molecule has 5 heteroatoms. The molecule has 0 aromatic carbocycles. The molecule has 0 bridgehead atoms. The van der Waals surface area contributed by atoms with Gasteiger partial charge in [0, 0.05) is 12.1 Å². The monoisotopic (exact) mass is 268 g/mol. The van der Waals surface area contributed by atoms with Crippen LogP contribution in [0.15, 0.2) is 6.33 Å². The molecule has 18 heavy (non-hydrogen) atoms.